The van der Waals surface area contributed by atoms with Gasteiger partial charge in [-0.15, -0.1) is 6.42 Å². The zero-order valence-corrected chi connectivity index (χ0v) is 29.3. The summed E-state index contributed by atoms with van der Waals surface area (Å²) in [6.07, 6.45) is 3.61. The normalized spacial score (nSPS) is 16.8. The molecule has 2 fully saturated rings. The number of aliphatic carboxylic acids is 1. The molecule has 0 radical (unpaired) electrons. The van der Waals surface area contributed by atoms with Gasteiger partial charge in [-0.2, -0.15) is 13.2 Å². The molecule has 1 aliphatic carbocycles. The van der Waals surface area contributed by atoms with Crippen molar-refractivity contribution in [1.29, 1.82) is 0 Å². The van der Waals surface area contributed by atoms with Crippen LogP contribution < -0.4 is 10.9 Å². The molecule has 2 aliphatic rings. The molecule has 5 rings (SSSR count). The van der Waals surface area contributed by atoms with Gasteiger partial charge in [0.25, 0.3) is 5.56 Å². The third kappa shape index (κ3) is 8.22. The fraction of sp³-hybridized carbons (Fsp3) is 0.462. The Morgan fingerprint density at radius 2 is 1.62 bits per heavy atom. The number of halogens is 6. The maximum atomic E-state index is 16.5. The molecule has 2 atom stereocenters. The first-order valence-corrected chi connectivity index (χ1v) is 17.3. The standard InChI is InChI=1S/C39H41F6N3O4/c1-6-23-16-27(34-21(4)14-25(40)15-22(34)5)37(42)35(36(23)41)30(18-33(50)51)46-38(52)31(13-20(2)3)48-19-28(29(17-32(48)49)39(43,44)45)24-9-11-47(12-10-24)26-7-8-26/h1,14-17,19-20,24,26,30-31H,7-13,18H2,2-5H3,(H,46,52)(H,50,51)/t30-,31-/m1/s1. The Hall–Kier alpha value is -4.57. The molecule has 1 amide bonds. The predicted molar refractivity (Wildman–Crippen MR) is 183 cm³/mol. The van der Waals surface area contributed by atoms with Gasteiger partial charge in [-0.3, -0.25) is 14.4 Å². The third-order valence-electron chi connectivity index (χ3n) is 9.98. The fourth-order valence-corrected chi connectivity index (χ4v) is 7.44. The molecular weight excluding hydrogens is 688 g/mol. The van der Waals surface area contributed by atoms with E-state index in [1.54, 1.807) is 13.8 Å². The summed E-state index contributed by atoms with van der Waals surface area (Å²) in [6.45, 7) is 7.62. The van der Waals surface area contributed by atoms with Crippen molar-refractivity contribution in [3.05, 3.63) is 91.6 Å². The van der Waals surface area contributed by atoms with Crippen LogP contribution >= 0.6 is 0 Å². The zero-order chi connectivity index (χ0) is 38.2. The average Bonchev–Trinajstić information content (AvgIpc) is 3.89. The van der Waals surface area contributed by atoms with Crippen molar-refractivity contribution in [1.82, 2.24) is 14.8 Å². The van der Waals surface area contributed by atoms with Gasteiger partial charge in [0.1, 0.15) is 23.5 Å². The monoisotopic (exact) mass is 729 g/mol. The lowest BCUT2D eigenvalue weighted by Gasteiger charge is -2.34. The second-order valence-electron chi connectivity index (χ2n) is 14.3. The number of hydrogen-bond acceptors (Lipinski definition) is 4. The molecule has 3 aromatic rings. The SMILES string of the molecule is C#Cc1cc(-c2c(C)cc(F)cc2C)c(F)c([C@@H](CC(=O)O)NC(=O)[C@@H](CC(C)C)n2cc(C3CCN(C4CC4)CC3)c(C(F)(F)F)cc2=O)c1F. The number of terminal acetylenes is 1. The molecule has 1 aliphatic heterocycles. The molecule has 1 saturated carbocycles. The van der Waals surface area contributed by atoms with Crippen molar-refractivity contribution in [3.63, 3.8) is 0 Å². The Morgan fingerprint density at radius 3 is 2.13 bits per heavy atom. The minimum atomic E-state index is -4.85. The minimum Gasteiger partial charge on any atom is -0.481 e. The van der Waals surface area contributed by atoms with Crippen molar-refractivity contribution in [2.75, 3.05) is 13.1 Å². The van der Waals surface area contributed by atoms with Crippen LogP contribution in [-0.2, 0) is 15.8 Å². The molecule has 0 spiro atoms. The van der Waals surface area contributed by atoms with Crippen molar-refractivity contribution in [3.8, 4) is 23.5 Å². The first-order chi connectivity index (χ1) is 24.4. The lowest BCUT2D eigenvalue weighted by Crippen LogP contribution is -2.41. The van der Waals surface area contributed by atoms with E-state index in [9.17, 15) is 37.1 Å². The van der Waals surface area contributed by atoms with Gasteiger partial charge in [0, 0.05) is 29.4 Å². The molecule has 278 valence electrons. The molecular formula is C39H41F6N3O4. The lowest BCUT2D eigenvalue weighted by molar-refractivity contribution is -0.139. The minimum absolute atomic E-state index is 0.0783. The molecule has 1 aromatic heterocycles. The van der Waals surface area contributed by atoms with Crippen molar-refractivity contribution in [2.24, 2.45) is 5.92 Å². The van der Waals surface area contributed by atoms with Gasteiger partial charge in [-0.1, -0.05) is 19.8 Å². The van der Waals surface area contributed by atoms with Crippen molar-refractivity contribution < 1.29 is 41.0 Å². The van der Waals surface area contributed by atoms with E-state index in [-0.39, 0.29) is 40.2 Å². The summed E-state index contributed by atoms with van der Waals surface area (Å²) in [5.41, 5.74) is -3.14. The summed E-state index contributed by atoms with van der Waals surface area (Å²) in [5, 5.41) is 12.2. The highest BCUT2D eigenvalue weighted by molar-refractivity contribution is 5.82. The van der Waals surface area contributed by atoms with Gasteiger partial charge in [-0.25, -0.2) is 13.2 Å². The lowest BCUT2D eigenvalue weighted by atomic mass is 9.87. The number of likely N-dealkylation sites (tertiary alicyclic amines) is 1. The van der Waals surface area contributed by atoms with Crippen LogP contribution in [0, 0.1) is 49.6 Å². The molecule has 2 aromatic carbocycles. The number of carbonyl (C=O) groups excluding carboxylic acids is 1. The van der Waals surface area contributed by atoms with Crippen LogP contribution in [0.2, 0.25) is 0 Å². The number of pyridine rings is 1. The number of aromatic nitrogens is 1. The number of amides is 1. The van der Waals surface area contributed by atoms with Crippen LogP contribution in [0.4, 0.5) is 26.3 Å². The Kier molecular flexibility index (Phi) is 11.3. The summed E-state index contributed by atoms with van der Waals surface area (Å²) >= 11 is 0. The van der Waals surface area contributed by atoms with Gasteiger partial charge < -0.3 is 19.9 Å². The van der Waals surface area contributed by atoms with Crippen LogP contribution in [0.5, 0.6) is 0 Å². The van der Waals surface area contributed by atoms with E-state index in [1.807, 2.05) is 0 Å². The molecule has 52 heavy (non-hydrogen) atoms. The second kappa shape index (κ2) is 15.2. The van der Waals surface area contributed by atoms with E-state index in [2.05, 4.69) is 16.1 Å². The number of hydrogen-bond donors (Lipinski definition) is 2. The highest BCUT2D eigenvalue weighted by Crippen LogP contribution is 2.41. The Balaban J connectivity index is 1.59. The molecule has 1 saturated heterocycles. The van der Waals surface area contributed by atoms with Gasteiger partial charge in [0.15, 0.2) is 0 Å². The number of nitrogens with one attached hydrogen (secondary N) is 1. The van der Waals surface area contributed by atoms with Crippen LogP contribution in [-0.4, -0.2) is 45.6 Å². The van der Waals surface area contributed by atoms with Gasteiger partial charge in [0.2, 0.25) is 5.91 Å². The third-order valence-corrected chi connectivity index (χ3v) is 9.98. The quantitative estimate of drug-likeness (QED) is 0.155. The van der Waals surface area contributed by atoms with E-state index in [0.717, 1.165) is 41.8 Å². The number of aryl methyl sites for hydroxylation is 2. The molecule has 13 heteroatoms. The number of rotatable bonds is 11. The van der Waals surface area contributed by atoms with E-state index >= 15 is 8.78 Å². The zero-order valence-electron chi connectivity index (χ0n) is 29.3. The summed E-state index contributed by atoms with van der Waals surface area (Å²) in [4.78, 5) is 41.9. The highest BCUT2D eigenvalue weighted by Gasteiger charge is 2.40. The highest BCUT2D eigenvalue weighted by atomic mass is 19.4. The average molecular weight is 730 g/mol. The van der Waals surface area contributed by atoms with Crippen LogP contribution in [0.1, 0.15) is 104 Å². The molecule has 0 unspecified atom stereocenters. The number of piperidine rings is 1. The van der Waals surface area contributed by atoms with E-state index in [1.165, 1.54) is 13.8 Å². The number of carboxylic acids is 1. The van der Waals surface area contributed by atoms with Crippen LogP contribution in [0.3, 0.4) is 0 Å². The van der Waals surface area contributed by atoms with E-state index in [0.29, 0.717) is 38.0 Å². The summed E-state index contributed by atoms with van der Waals surface area (Å²) < 4.78 is 90.6. The van der Waals surface area contributed by atoms with E-state index < -0.39 is 82.2 Å². The molecule has 2 heterocycles. The first-order valence-electron chi connectivity index (χ1n) is 17.3. The number of nitrogens with zero attached hydrogens (tertiary/aromatic N) is 2. The van der Waals surface area contributed by atoms with E-state index in [4.69, 9.17) is 6.42 Å². The van der Waals surface area contributed by atoms with Crippen LogP contribution in [0.15, 0.2) is 35.3 Å². The predicted octanol–water partition coefficient (Wildman–Crippen LogP) is 7.81. The number of benzene rings is 2. The van der Waals surface area contributed by atoms with Crippen LogP contribution in [0.25, 0.3) is 11.1 Å². The molecule has 0 bridgehead atoms. The second-order valence-corrected chi connectivity index (χ2v) is 14.3. The summed E-state index contributed by atoms with van der Waals surface area (Å²) in [6, 6.07) is 0.892. The Morgan fingerprint density at radius 1 is 1.00 bits per heavy atom. The van der Waals surface area contributed by atoms with Gasteiger partial charge in [-0.05, 0) is 111 Å². The van der Waals surface area contributed by atoms with Crippen molar-refractivity contribution in [2.45, 2.75) is 96.4 Å². The number of carboxylic acid groups (broad SMARTS) is 1. The Labute approximate surface area is 298 Å². The van der Waals surface area contributed by atoms with Gasteiger partial charge in [0.05, 0.1) is 23.6 Å². The fourth-order valence-electron chi connectivity index (χ4n) is 7.44. The maximum Gasteiger partial charge on any atom is 0.416 e. The molecule has 2 N–H and O–H groups in total. The smallest absolute Gasteiger partial charge is 0.416 e. The molecule has 7 nitrogen and oxygen atoms in total. The number of alkyl halides is 3. The maximum absolute atomic E-state index is 16.5. The summed E-state index contributed by atoms with van der Waals surface area (Å²) in [7, 11) is 0. The van der Waals surface area contributed by atoms with Gasteiger partial charge >= 0.3 is 12.1 Å². The topological polar surface area (TPSA) is 91.6 Å². The number of carbonyl (C=O) groups is 2. The largest absolute Gasteiger partial charge is 0.481 e. The summed E-state index contributed by atoms with van der Waals surface area (Å²) in [5.74, 6) is -4.46. The first kappa shape index (κ1) is 38.7. The van der Waals surface area contributed by atoms with Crippen molar-refractivity contribution >= 4 is 11.9 Å². The Bertz CT molecular complexity index is 1950.